The Labute approximate surface area is 126 Å². The zero-order valence-corrected chi connectivity index (χ0v) is 13.1. The number of hydrogen-bond acceptors (Lipinski definition) is 3. The quantitative estimate of drug-likeness (QED) is 0.879. The van der Waals surface area contributed by atoms with Crippen LogP contribution >= 0.6 is 0 Å². The number of rotatable bonds is 4. The van der Waals surface area contributed by atoms with Crippen molar-refractivity contribution in [2.45, 2.75) is 33.2 Å². The topological polar surface area (TPSA) is 47.1 Å². The third kappa shape index (κ3) is 3.21. The Kier molecular flexibility index (Phi) is 4.15. The molecule has 1 unspecified atom stereocenters. The maximum atomic E-state index is 6.02. The lowest BCUT2D eigenvalue weighted by atomic mass is 9.97. The van der Waals surface area contributed by atoms with Gasteiger partial charge in [-0.25, -0.2) is 0 Å². The predicted octanol–water partition coefficient (Wildman–Crippen LogP) is 2.99. The molecular weight excluding hydrogens is 260 g/mol. The van der Waals surface area contributed by atoms with Crippen LogP contribution in [-0.4, -0.2) is 34.3 Å². The van der Waals surface area contributed by atoms with Crippen molar-refractivity contribution in [3.05, 3.63) is 24.4 Å². The molecule has 1 aromatic heterocycles. The van der Waals surface area contributed by atoms with Gasteiger partial charge in [0, 0.05) is 30.7 Å². The van der Waals surface area contributed by atoms with Gasteiger partial charge >= 0.3 is 0 Å². The Bertz CT molecular complexity index is 602. The lowest BCUT2D eigenvalue weighted by Gasteiger charge is -2.33. The summed E-state index contributed by atoms with van der Waals surface area (Å²) in [6.45, 7) is 9.26. The molecule has 1 atom stereocenters. The minimum atomic E-state index is 0.696. The predicted molar refractivity (Wildman–Crippen MR) is 88.1 cm³/mol. The summed E-state index contributed by atoms with van der Waals surface area (Å²) in [4.78, 5) is 2.61. The molecule has 0 amide bonds. The average Bonchev–Trinajstić information content (AvgIpc) is 2.83. The Morgan fingerprint density at radius 1 is 1.38 bits per heavy atom. The van der Waals surface area contributed by atoms with E-state index in [9.17, 15) is 0 Å². The van der Waals surface area contributed by atoms with Crippen molar-refractivity contribution in [1.29, 1.82) is 0 Å². The average molecular weight is 286 g/mol. The van der Waals surface area contributed by atoms with Crippen molar-refractivity contribution >= 4 is 16.6 Å². The van der Waals surface area contributed by atoms with Crippen LogP contribution in [0.1, 0.15) is 26.7 Å². The SMILES string of the molecule is CC(C)CN1CCCC(Cn2ncc3c(N)cccc32)C1. The molecule has 1 aromatic carbocycles. The minimum absolute atomic E-state index is 0.696. The molecule has 0 spiro atoms. The molecule has 1 aliphatic heterocycles. The Morgan fingerprint density at radius 2 is 2.24 bits per heavy atom. The summed E-state index contributed by atoms with van der Waals surface area (Å²) < 4.78 is 2.13. The van der Waals surface area contributed by atoms with Crippen LogP contribution in [0.15, 0.2) is 24.4 Å². The van der Waals surface area contributed by atoms with E-state index in [2.05, 4.69) is 34.6 Å². The first kappa shape index (κ1) is 14.4. The van der Waals surface area contributed by atoms with E-state index in [0.29, 0.717) is 5.92 Å². The second-order valence-corrected chi connectivity index (χ2v) is 6.77. The molecule has 21 heavy (non-hydrogen) atoms. The van der Waals surface area contributed by atoms with Crippen molar-refractivity contribution in [3.63, 3.8) is 0 Å². The summed E-state index contributed by atoms with van der Waals surface area (Å²) in [6, 6.07) is 6.08. The summed E-state index contributed by atoms with van der Waals surface area (Å²) >= 11 is 0. The van der Waals surface area contributed by atoms with Gasteiger partial charge in [0.2, 0.25) is 0 Å². The van der Waals surface area contributed by atoms with Crippen LogP contribution in [0.4, 0.5) is 5.69 Å². The van der Waals surface area contributed by atoms with Gasteiger partial charge in [0.15, 0.2) is 0 Å². The van der Waals surface area contributed by atoms with Gasteiger partial charge in [-0.2, -0.15) is 5.10 Å². The van der Waals surface area contributed by atoms with Gasteiger partial charge in [-0.15, -0.1) is 0 Å². The molecule has 0 aliphatic carbocycles. The highest BCUT2D eigenvalue weighted by atomic mass is 15.3. The van der Waals surface area contributed by atoms with Gasteiger partial charge in [0.1, 0.15) is 0 Å². The zero-order chi connectivity index (χ0) is 14.8. The first-order valence-corrected chi connectivity index (χ1v) is 8.06. The molecule has 1 aliphatic rings. The molecule has 4 heteroatoms. The first-order chi connectivity index (χ1) is 10.1. The van der Waals surface area contributed by atoms with E-state index < -0.39 is 0 Å². The fourth-order valence-electron chi connectivity index (χ4n) is 3.50. The van der Waals surface area contributed by atoms with Gasteiger partial charge in [-0.3, -0.25) is 4.68 Å². The molecule has 3 rings (SSSR count). The fraction of sp³-hybridized carbons (Fsp3) is 0.588. The fourth-order valence-corrected chi connectivity index (χ4v) is 3.50. The van der Waals surface area contributed by atoms with Crippen molar-refractivity contribution in [2.24, 2.45) is 11.8 Å². The second kappa shape index (κ2) is 6.06. The number of likely N-dealkylation sites (tertiary alicyclic amines) is 1. The van der Waals surface area contributed by atoms with Crippen LogP contribution in [0.5, 0.6) is 0 Å². The van der Waals surface area contributed by atoms with E-state index in [1.165, 1.54) is 32.5 Å². The monoisotopic (exact) mass is 286 g/mol. The van der Waals surface area contributed by atoms with E-state index in [1.54, 1.807) is 0 Å². The van der Waals surface area contributed by atoms with Gasteiger partial charge in [0.05, 0.1) is 11.7 Å². The van der Waals surface area contributed by atoms with Crippen molar-refractivity contribution in [1.82, 2.24) is 14.7 Å². The number of fused-ring (bicyclic) bond motifs is 1. The van der Waals surface area contributed by atoms with Crippen LogP contribution < -0.4 is 5.73 Å². The third-order valence-corrected chi connectivity index (χ3v) is 4.38. The van der Waals surface area contributed by atoms with E-state index in [4.69, 9.17) is 5.73 Å². The van der Waals surface area contributed by atoms with Gasteiger partial charge in [-0.1, -0.05) is 19.9 Å². The molecule has 1 fully saturated rings. The van der Waals surface area contributed by atoms with Gasteiger partial charge < -0.3 is 10.6 Å². The molecule has 1 saturated heterocycles. The summed E-state index contributed by atoms with van der Waals surface area (Å²) in [6.07, 6.45) is 4.51. The highest BCUT2D eigenvalue weighted by Crippen LogP contribution is 2.24. The second-order valence-electron chi connectivity index (χ2n) is 6.77. The van der Waals surface area contributed by atoms with E-state index in [-0.39, 0.29) is 0 Å². The Morgan fingerprint density at radius 3 is 3.05 bits per heavy atom. The van der Waals surface area contributed by atoms with E-state index in [1.807, 2.05) is 18.3 Å². The lowest BCUT2D eigenvalue weighted by molar-refractivity contribution is 0.147. The molecule has 2 heterocycles. The van der Waals surface area contributed by atoms with Gasteiger partial charge in [0.25, 0.3) is 0 Å². The van der Waals surface area contributed by atoms with Crippen molar-refractivity contribution in [3.8, 4) is 0 Å². The van der Waals surface area contributed by atoms with Crippen LogP contribution in [0.2, 0.25) is 0 Å². The number of nitrogens with zero attached hydrogens (tertiary/aromatic N) is 3. The third-order valence-electron chi connectivity index (χ3n) is 4.38. The first-order valence-electron chi connectivity index (χ1n) is 8.06. The van der Waals surface area contributed by atoms with E-state index >= 15 is 0 Å². The van der Waals surface area contributed by atoms with Gasteiger partial charge in [-0.05, 0) is 43.4 Å². The van der Waals surface area contributed by atoms with E-state index in [0.717, 1.165) is 29.1 Å². The molecular formula is C17H26N4. The normalized spacial score (nSPS) is 20.4. The minimum Gasteiger partial charge on any atom is -0.398 e. The van der Waals surface area contributed by atoms with Crippen LogP contribution in [0.3, 0.4) is 0 Å². The summed E-state index contributed by atoms with van der Waals surface area (Å²) in [5, 5.41) is 5.63. The highest BCUT2D eigenvalue weighted by Gasteiger charge is 2.21. The Balaban J connectivity index is 1.71. The van der Waals surface area contributed by atoms with Crippen molar-refractivity contribution in [2.75, 3.05) is 25.4 Å². The summed E-state index contributed by atoms with van der Waals surface area (Å²) in [5.41, 5.74) is 8.00. The van der Waals surface area contributed by atoms with Crippen LogP contribution in [-0.2, 0) is 6.54 Å². The molecule has 4 nitrogen and oxygen atoms in total. The largest absolute Gasteiger partial charge is 0.398 e. The molecule has 2 N–H and O–H groups in total. The molecule has 0 radical (unpaired) electrons. The van der Waals surface area contributed by atoms with Crippen LogP contribution in [0, 0.1) is 11.8 Å². The smallest absolute Gasteiger partial charge is 0.0703 e. The molecule has 114 valence electrons. The number of nitrogens with two attached hydrogens (primary N) is 1. The number of benzene rings is 1. The number of piperidine rings is 1. The maximum absolute atomic E-state index is 6.02. The molecule has 0 bridgehead atoms. The Hall–Kier alpha value is -1.55. The van der Waals surface area contributed by atoms with Crippen LogP contribution in [0.25, 0.3) is 10.9 Å². The summed E-state index contributed by atoms with van der Waals surface area (Å²) in [5.74, 6) is 1.44. The molecule has 2 aromatic rings. The summed E-state index contributed by atoms with van der Waals surface area (Å²) in [7, 11) is 0. The molecule has 0 saturated carbocycles. The lowest BCUT2D eigenvalue weighted by Crippen LogP contribution is -2.39. The number of nitrogen functional groups attached to an aromatic ring is 1. The zero-order valence-electron chi connectivity index (χ0n) is 13.1. The highest BCUT2D eigenvalue weighted by molar-refractivity contribution is 5.90. The van der Waals surface area contributed by atoms with Crippen molar-refractivity contribution < 1.29 is 0 Å². The maximum Gasteiger partial charge on any atom is 0.0703 e. The number of hydrogen-bond donors (Lipinski definition) is 1. The number of anilines is 1. The standard InChI is InChI=1S/C17H26N4/c1-13(2)10-20-8-4-5-14(11-20)12-21-17-7-3-6-16(18)15(17)9-19-21/h3,6-7,9,13-14H,4-5,8,10-12,18H2,1-2H3. The number of aromatic nitrogens is 2.